The number of aromatic nitrogens is 3. The van der Waals surface area contributed by atoms with Gasteiger partial charge in [-0.15, -0.1) is 0 Å². The summed E-state index contributed by atoms with van der Waals surface area (Å²) in [5.41, 5.74) is 1.04. The van der Waals surface area contributed by atoms with Gasteiger partial charge in [-0.3, -0.25) is 4.57 Å². The molecular formula is C18H20ClF3N4O. The second-order valence-corrected chi connectivity index (χ2v) is 7.72. The van der Waals surface area contributed by atoms with Gasteiger partial charge in [-0.1, -0.05) is 30.2 Å². The van der Waals surface area contributed by atoms with E-state index in [4.69, 9.17) is 11.6 Å². The van der Waals surface area contributed by atoms with Crippen LogP contribution in [0.3, 0.4) is 0 Å². The monoisotopic (exact) mass is 400 g/mol. The molecule has 0 bridgehead atoms. The van der Waals surface area contributed by atoms with Crippen LogP contribution in [-0.2, 0) is 13.0 Å². The smallest absolute Gasteiger partial charge is 0.301 e. The van der Waals surface area contributed by atoms with Gasteiger partial charge in [0.1, 0.15) is 12.4 Å². The van der Waals surface area contributed by atoms with Crippen molar-refractivity contribution in [3.05, 3.63) is 50.7 Å². The Bertz CT molecular complexity index is 920. The van der Waals surface area contributed by atoms with Crippen molar-refractivity contribution in [2.45, 2.75) is 50.5 Å². The third-order valence-corrected chi connectivity index (χ3v) is 5.90. The van der Waals surface area contributed by atoms with Gasteiger partial charge in [0.15, 0.2) is 0 Å². The number of benzene rings is 1. The molecule has 27 heavy (non-hydrogen) atoms. The molecule has 0 radical (unpaired) electrons. The molecule has 0 spiro atoms. The van der Waals surface area contributed by atoms with Crippen molar-refractivity contribution in [3.63, 3.8) is 0 Å². The number of piperidine rings is 1. The lowest BCUT2D eigenvalue weighted by atomic mass is 9.85. The van der Waals surface area contributed by atoms with Crippen LogP contribution in [0.4, 0.5) is 13.2 Å². The Hall–Kier alpha value is -1.80. The summed E-state index contributed by atoms with van der Waals surface area (Å²) in [5, 5.41) is 4.57. The molecule has 1 saturated heterocycles. The summed E-state index contributed by atoms with van der Waals surface area (Å²) in [6.45, 7) is -0.499. The fraction of sp³-hybridized carbons (Fsp3) is 0.556. The van der Waals surface area contributed by atoms with E-state index in [1.807, 2.05) is 19.2 Å². The molecule has 1 fully saturated rings. The second-order valence-electron chi connectivity index (χ2n) is 7.31. The molecule has 2 atom stereocenters. The molecule has 2 aliphatic heterocycles. The molecule has 0 N–H and O–H groups in total. The first-order valence-corrected chi connectivity index (χ1v) is 9.36. The molecule has 2 aliphatic rings. The summed E-state index contributed by atoms with van der Waals surface area (Å²) in [7, 11) is 1.99. The van der Waals surface area contributed by atoms with E-state index < -0.39 is 18.4 Å². The third kappa shape index (κ3) is 3.29. The molecule has 1 aromatic heterocycles. The van der Waals surface area contributed by atoms with Crippen molar-refractivity contribution in [1.82, 2.24) is 19.2 Å². The predicted molar refractivity (Wildman–Crippen MR) is 95.2 cm³/mol. The van der Waals surface area contributed by atoms with Gasteiger partial charge in [-0.05, 0) is 43.6 Å². The van der Waals surface area contributed by atoms with Gasteiger partial charge < -0.3 is 4.90 Å². The topological polar surface area (TPSA) is 43.1 Å². The highest BCUT2D eigenvalue weighted by atomic mass is 35.5. The zero-order valence-electron chi connectivity index (χ0n) is 14.8. The maximum Gasteiger partial charge on any atom is 0.408 e. The SMILES string of the molecule is CN1CCCCC1C1c2cccc(Cl)c2Cc2nn(CC(F)(F)F)c(=O)n21. The number of likely N-dealkylation sites (N-methyl/N-ethyl adjacent to an activating group) is 1. The standard InChI is InChI=1S/C18H20ClF3N4O/c1-24-8-3-2-7-14(24)16-11-5-4-6-13(19)12(11)9-15-23-25(10-18(20,21)22)17(27)26(15)16/h4-6,14,16H,2-3,7-10H2,1H3. The van der Waals surface area contributed by atoms with Gasteiger partial charge in [0.25, 0.3) is 0 Å². The lowest BCUT2D eigenvalue weighted by Crippen LogP contribution is -2.47. The van der Waals surface area contributed by atoms with Crippen molar-refractivity contribution in [2.24, 2.45) is 0 Å². The summed E-state index contributed by atoms with van der Waals surface area (Å²) >= 11 is 6.39. The normalized spacial score (nSPS) is 23.1. The number of nitrogens with zero attached hydrogens (tertiary/aromatic N) is 4. The minimum Gasteiger partial charge on any atom is -0.301 e. The summed E-state index contributed by atoms with van der Waals surface area (Å²) < 4.78 is 40.7. The van der Waals surface area contributed by atoms with Crippen LogP contribution in [0.25, 0.3) is 0 Å². The van der Waals surface area contributed by atoms with Gasteiger partial charge >= 0.3 is 11.9 Å². The first-order chi connectivity index (χ1) is 12.8. The molecule has 0 aliphatic carbocycles. The zero-order chi connectivity index (χ0) is 19.3. The maximum atomic E-state index is 12.9. The van der Waals surface area contributed by atoms with Crippen LogP contribution in [0.2, 0.25) is 5.02 Å². The fourth-order valence-electron chi connectivity index (χ4n) is 4.35. The average molecular weight is 401 g/mol. The molecule has 0 amide bonds. The number of likely N-dealkylation sites (tertiary alicyclic amines) is 1. The zero-order valence-corrected chi connectivity index (χ0v) is 15.6. The van der Waals surface area contributed by atoms with Crippen LogP contribution < -0.4 is 5.69 Å². The van der Waals surface area contributed by atoms with Gasteiger partial charge in [0.05, 0.1) is 6.04 Å². The number of fused-ring (bicyclic) bond motifs is 2. The summed E-state index contributed by atoms with van der Waals surface area (Å²) in [4.78, 5) is 15.0. The maximum absolute atomic E-state index is 12.9. The molecule has 146 valence electrons. The molecule has 9 heteroatoms. The van der Waals surface area contributed by atoms with Gasteiger partial charge in [0.2, 0.25) is 0 Å². The largest absolute Gasteiger partial charge is 0.408 e. The van der Waals surface area contributed by atoms with Crippen molar-refractivity contribution >= 4 is 11.6 Å². The van der Waals surface area contributed by atoms with E-state index in [1.165, 1.54) is 4.57 Å². The Labute approximate surface area is 159 Å². The van der Waals surface area contributed by atoms with Crippen LogP contribution in [0.15, 0.2) is 23.0 Å². The lowest BCUT2D eigenvalue weighted by molar-refractivity contribution is -0.143. The van der Waals surface area contributed by atoms with Crippen LogP contribution in [-0.4, -0.2) is 45.1 Å². The Balaban J connectivity index is 1.88. The van der Waals surface area contributed by atoms with E-state index in [0.29, 0.717) is 15.5 Å². The van der Waals surface area contributed by atoms with Crippen molar-refractivity contribution in [1.29, 1.82) is 0 Å². The molecular weight excluding hydrogens is 381 g/mol. The van der Waals surface area contributed by atoms with E-state index in [9.17, 15) is 18.0 Å². The highest BCUT2D eigenvalue weighted by Gasteiger charge is 2.39. The molecule has 3 heterocycles. The summed E-state index contributed by atoms with van der Waals surface area (Å²) in [5.74, 6) is 0.342. The van der Waals surface area contributed by atoms with Crippen molar-refractivity contribution in [3.8, 4) is 0 Å². The minimum absolute atomic E-state index is 0.0104. The average Bonchev–Trinajstić information content (AvgIpc) is 2.89. The number of rotatable bonds is 2. The van der Waals surface area contributed by atoms with Gasteiger partial charge in [0, 0.05) is 17.5 Å². The second kappa shape index (κ2) is 6.67. The summed E-state index contributed by atoms with van der Waals surface area (Å²) in [6, 6.07) is 5.14. The number of halogens is 4. The van der Waals surface area contributed by atoms with Crippen LogP contribution >= 0.6 is 11.6 Å². The molecule has 1 aromatic carbocycles. The Morgan fingerprint density at radius 2 is 2.07 bits per heavy atom. The minimum atomic E-state index is -4.50. The Morgan fingerprint density at radius 3 is 2.78 bits per heavy atom. The molecule has 2 aromatic rings. The number of hydrogen-bond donors (Lipinski definition) is 0. The van der Waals surface area contributed by atoms with Gasteiger partial charge in [-0.2, -0.15) is 18.3 Å². The number of hydrogen-bond acceptors (Lipinski definition) is 3. The van der Waals surface area contributed by atoms with Crippen LogP contribution in [0, 0.1) is 0 Å². The third-order valence-electron chi connectivity index (χ3n) is 5.55. The van der Waals surface area contributed by atoms with E-state index in [2.05, 4.69) is 10.00 Å². The van der Waals surface area contributed by atoms with Crippen molar-refractivity contribution in [2.75, 3.05) is 13.6 Å². The van der Waals surface area contributed by atoms with E-state index >= 15 is 0 Å². The molecule has 2 unspecified atom stereocenters. The van der Waals surface area contributed by atoms with Crippen LogP contribution in [0.1, 0.15) is 42.3 Å². The van der Waals surface area contributed by atoms with E-state index in [1.54, 1.807) is 6.07 Å². The molecule has 0 saturated carbocycles. The highest BCUT2D eigenvalue weighted by Crippen LogP contribution is 2.39. The first kappa shape index (κ1) is 18.6. The van der Waals surface area contributed by atoms with Crippen LogP contribution in [0.5, 0.6) is 0 Å². The molecule has 5 nitrogen and oxygen atoms in total. The fourth-order valence-corrected chi connectivity index (χ4v) is 4.60. The first-order valence-electron chi connectivity index (χ1n) is 8.99. The van der Waals surface area contributed by atoms with E-state index in [-0.39, 0.29) is 18.5 Å². The Kier molecular flexibility index (Phi) is 4.58. The number of alkyl halides is 3. The van der Waals surface area contributed by atoms with Crippen molar-refractivity contribution < 1.29 is 13.2 Å². The summed E-state index contributed by atoms with van der Waals surface area (Å²) in [6.07, 6.45) is -1.30. The predicted octanol–water partition coefficient (Wildman–Crippen LogP) is 3.24. The lowest BCUT2D eigenvalue weighted by Gasteiger charge is -2.41. The Morgan fingerprint density at radius 1 is 1.30 bits per heavy atom. The highest BCUT2D eigenvalue weighted by molar-refractivity contribution is 6.31. The van der Waals surface area contributed by atoms with E-state index in [0.717, 1.165) is 36.9 Å². The van der Waals surface area contributed by atoms with Gasteiger partial charge in [-0.25, -0.2) is 9.48 Å². The quantitative estimate of drug-likeness (QED) is 0.777. The molecule has 4 rings (SSSR count).